The van der Waals surface area contributed by atoms with E-state index in [9.17, 15) is 0 Å². The summed E-state index contributed by atoms with van der Waals surface area (Å²) in [5.74, 6) is 1.50. The standard InChI is InChI=1S/C25H27ClN6O/c26-23-11-16(12-24(32-23)31-19-6-4-17(27)5-7-19)22-15-30-25-21(22)13-20(14-29-25)33-10-8-18-3-1-2-9-28-18/h1-3,9,11-15,17,19H,4-8,10,27H2,(H,29,30)(H,31,32)/t17-,19-. The molecular weight excluding hydrogens is 436 g/mol. The highest BCUT2D eigenvalue weighted by molar-refractivity contribution is 6.29. The maximum absolute atomic E-state index is 6.39. The number of nitrogens with zero attached hydrogens (tertiary/aromatic N) is 3. The zero-order valence-electron chi connectivity index (χ0n) is 18.3. The minimum absolute atomic E-state index is 0.310. The van der Waals surface area contributed by atoms with Gasteiger partial charge in [-0.15, -0.1) is 0 Å². The number of H-pyrrole nitrogens is 1. The van der Waals surface area contributed by atoms with Gasteiger partial charge in [0.05, 0.1) is 12.8 Å². The van der Waals surface area contributed by atoms with E-state index < -0.39 is 0 Å². The maximum atomic E-state index is 6.39. The third-order valence-electron chi connectivity index (χ3n) is 6.09. The first kappa shape index (κ1) is 21.7. The molecule has 7 nitrogen and oxygen atoms in total. The Morgan fingerprint density at radius 2 is 2.00 bits per heavy atom. The smallest absolute Gasteiger partial charge is 0.138 e. The van der Waals surface area contributed by atoms with Crippen LogP contribution in [0.2, 0.25) is 5.15 Å². The summed E-state index contributed by atoms with van der Waals surface area (Å²) in [6.45, 7) is 0.532. The summed E-state index contributed by atoms with van der Waals surface area (Å²) in [4.78, 5) is 16.6. The molecule has 0 atom stereocenters. The molecule has 1 aliphatic rings. The first-order valence-electron chi connectivity index (χ1n) is 11.3. The van der Waals surface area contributed by atoms with Crippen LogP contribution in [0.5, 0.6) is 5.75 Å². The van der Waals surface area contributed by atoms with Crippen LogP contribution in [-0.2, 0) is 6.42 Å². The molecule has 5 rings (SSSR count). The van der Waals surface area contributed by atoms with Gasteiger partial charge in [-0.25, -0.2) is 9.97 Å². The fourth-order valence-electron chi connectivity index (χ4n) is 4.32. The van der Waals surface area contributed by atoms with Crippen molar-refractivity contribution in [2.45, 2.75) is 44.2 Å². The number of aromatic amines is 1. The van der Waals surface area contributed by atoms with E-state index >= 15 is 0 Å². The lowest BCUT2D eigenvalue weighted by molar-refractivity contribution is 0.320. The van der Waals surface area contributed by atoms with E-state index in [4.69, 9.17) is 22.1 Å². The predicted molar refractivity (Wildman–Crippen MR) is 132 cm³/mol. The van der Waals surface area contributed by atoms with E-state index in [1.807, 2.05) is 42.6 Å². The summed E-state index contributed by atoms with van der Waals surface area (Å²) < 4.78 is 5.96. The second kappa shape index (κ2) is 9.77. The van der Waals surface area contributed by atoms with Crippen molar-refractivity contribution in [3.63, 3.8) is 0 Å². The third-order valence-corrected chi connectivity index (χ3v) is 6.28. The van der Waals surface area contributed by atoms with E-state index in [0.29, 0.717) is 23.8 Å². The molecule has 0 amide bonds. The SMILES string of the molecule is N[C@H]1CC[C@H](Nc2cc(-c3c[nH]c4ncc(OCCc5ccccn5)cc34)cc(Cl)n2)CC1. The monoisotopic (exact) mass is 462 g/mol. The fraction of sp³-hybridized carbons (Fsp3) is 0.320. The third kappa shape index (κ3) is 5.26. The highest BCUT2D eigenvalue weighted by atomic mass is 35.5. The zero-order chi connectivity index (χ0) is 22.6. The number of halogens is 1. The number of nitrogens with one attached hydrogen (secondary N) is 2. The lowest BCUT2D eigenvalue weighted by atomic mass is 9.92. The highest BCUT2D eigenvalue weighted by Crippen LogP contribution is 2.33. The number of fused-ring (bicyclic) bond motifs is 1. The molecule has 4 aromatic heterocycles. The molecule has 170 valence electrons. The summed E-state index contributed by atoms with van der Waals surface area (Å²) in [6, 6.07) is 12.5. The van der Waals surface area contributed by atoms with Gasteiger partial charge in [0.15, 0.2) is 0 Å². The van der Waals surface area contributed by atoms with Gasteiger partial charge in [-0.2, -0.15) is 0 Å². The highest BCUT2D eigenvalue weighted by Gasteiger charge is 2.19. The minimum atomic E-state index is 0.310. The molecule has 8 heteroatoms. The van der Waals surface area contributed by atoms with Crippen LogP contribution in [0, 0.1) is 0 Å². The molecular formula is C25H27ClN6O. The average Bonchev–Trinajstić information content (AvgIpc) is 3.24. The summed E-state index contributed by atoms with van der Waals surface area (Å²) >= 11 is 6.39. The van der Waals surface area contributed by atoms with Crippen LogP contribution in [0.4, 0.5) is 5.82 Å². The van der Waals surface area contributed by atoms with E-state index in [-0.39, 0.29) is 0 Å². The molecule has 4 aromatic rings. The Morgan fingerprint density at radius 3 is 2.82 bits per heavy atom. The molecule has 0 spiro atoms. The Hall–Kier alpha value is -3.16. The number of pyridine rings is 3. The number of anilines is 1. The number of hydrogen-bond donors (Lipinski definition) is 3. The summed E-state index contributed by atoms with van der Waals surface area (Å²) in [7, 11) is 0. The van der Waals surface area contributed by atoms with E-state index in [1.165, 1.54) is 0 Å². The van der Waals surface area contributed by atoms with Gasteiger partial charge in [-0.05, 0) is 61.6 Å². The van der Waals surface area contributed by atoms with Gasteiger partial charge in [-0.3, -0.25) is 4.98 Å². The lowest BCUT2D eigenvalue weighted by Crippen LogP contribution is -2.33. The van der Waals surface area contributed by atoms with Crippen LogP contribution in [0.25, 0.3) is 22.2 Å². The van der Waals surface area contributed by atoms with Crippen LogP contribution < -0.4 is 15.8 Å². The second-order valence-electron chi connectivity index (χ2n) is 8.51. The number of hydrogen-bond acceptors (Lipinski definition) is 6. The molecule has 33 heavy (non-hydrogen) atoms. The van der Waals surface area contributed by atoms with Crippen molar-refractivity contribution in [3.8, 4) is 16.9 Å². The van der Waals surface area contributed by atoms with Crippen LogP contribution >= 0.6 is 11.6 Å². The summed E-state index contributed by atoms with van der Waals surface area (Å²) in [5, 5.41) is 4.97. The average molecular weight is 463 g/mol. The molecule has 0 unspecified atom stereocenters. The van der Waals surface area contributed by atoms with E-state index in [1.54, 1.807) is 12.4 Å². The minimum Gasteiger partial charge on any atom is -0.492 e. The van der Waals surface area contributed by atoms with Crippen molar-refractivity contribution in [2.75, 3.05) is 11.9 Å². The van der Waals surface area contributed by atoms with Crippen molar-refractivity contribution >= 4 is 28.5 Å². The predicted octanol–water partition coefficient (Wildman–Crippen LogP) is 4.98. The van der Waals surface area contributed by atoms with Crippen LogP contribution in [0.1, 0.15) is 31.4 Å². The van der Waals surface area contributed by atoms with Gasteiger partial charge in [-0.1, -0.05) is 17.7 Å². The molecule has 0 saturated heterocycles. The van der Waals surface area contributed by atoms with E-state index in [2.05, 4.69) is 25.3 Å². The number of nitrogens with two attached hydrogens (primary N) is 1. The van der Waals surface area contributed by atoms with Gasteiger partial charge in [0, 0.05) is 47.5 Å². The van der Waals surface area contributed by atoms with Gasteiger partial charge in [0.1, 0.15) is 22.4 Å². The van der Waals surface area contributed by atoms with Crippen molar-refractivity contribution < 1.29 is 4.74 Å². The first-order chi connectivity index (χ1) is 16.1. The molecule has 1 fully saturated rings. The molecule has 1 aliphatic carbocycles. The number of aromatic nitrogens is 4. The first-order valence-corrected chi connectivity index (χ1v) is 11.7. The number of ether oxygens (including phenoxy) is 1. The fourth-order valence-corrected chi connectivity index (χ4v) is 4.53. The molecule has 4 heterocycles. The quantitative estimate of drug-likeness (QED) is 0.335. The molecule has 0 radical (unpaired) electrons. The normalized spacial score (nSPS) is 18.4. The van der Waals surface area contributed by atoms with Crippen LogP contribution in [0.3, 0.4) is 0 Å². The molecule has 0 aromatic carbocycles. The molecule has 0 bridgehead atoms. The molecule has 0 aliphatic heterocycles. The van der Waals surface area contributed by atoms with Crippen molar-refractivity contribution in [3.05, 3.63) is 65.8 Å². The Kier molecular flexibility index (Phi) is 6.41. The van der Waals surface area contributed by atoms with E-state index in [0.717, 1.165) is 71.5 Å². The van der Waals surface area contributed by atoms with Gasteiger partial charge >= 0.3 is 0 Å². The van der Waals surface area contributed by atoms with Gasteiger partial charge < -0.3 is 20.8 Å². The lowest BCUT2D eigenvalue weighted by Gasteiger charge is -2.27. The number of rotatable bonds is 7. The van der Waals surface area contributed by atoms with Gasteiger partial charge in [0.2, 0.25) is 0 Å². The van der Waals surface area contributed by atoms with Gasteiger partial charge in [0.25, 0.3) is 0 Å². The Bertz CT molecular complexity index is 1220. The summed E-state index contributed by atoms with van der Waals surface area (Å²) in [6.07, 6.45) is 10.4. The van der Waals surface area contributed by atoms with Crippen LogP contribution in [-0.4, -0.2) is 38.6 Å². The largest absolute Gasteiger partial charge is 0.492 e. The van der Waals surface area contributed by atoms with Crippen molar-refractivity contribution in [1.82, 2.24) is 19.9 Å². The summed E-state index contributed by atoms with van der Waals surface area (Å²) in [5.41, 5.74) is 9.82. The van der Waals surface area contributed by atoms with Crippen molar-refractivity contribution in [2.24, 2.45) is 5.73 Å². The maximum Gasteiger partial charge on any atom is 0.138 e. The Balaban J connectivity index is 1.34. The molecule has 1 saturated carbocycles. The Morgan fingerprint density at radius 1 is 1.12 bits per heavy atom. The second-order valence-corrected chi connectivity index (χ2v) is 8.90. The van der Waals surface area contributed by atoms with Crippen LogP contribution in [0.15, 0.2) is 55.0 Å². The topological polar surface area (TPSA) is 102 Å². The van der Waals surface area contributed by atoms with Crippen molar-refractivity contribution in [1.29, 1.82) is 0 Å². The molecule has 4 N–H and O–H groups in total. The Labute approximate surface area is 197 Å². The zero-order valence-corrected chi connectivity index (χ0v) is 19.1.